The Bertz CT molecular complexity index is 340. The van der Waals surface area contributed by atoms with Crippen LogP contribution < -0.4 is 15.5 Å². The van der Waals surface area contributed by atoms with Crippen LogP contribution >= 0.6 is 0 Å². The summed E-state index contributed by atoms with van der Waals surface area (Å²) in [6.45, 7) is 2.23. The Morgan fingerprint density at radius 1 is 1.50 bits per heavy atom. The van der Waals surface area contributed by atoms with E-state index in [1.54, 1.807) is 6.92 Å². The lowest BCUT2D eigenvalue weighted by atomic mass is 10.3. The van der Waals surface area contributed by atoms with Crippen molar-refractivity contribution in [1.82, 2.24) is 0 Å². The van der Waals surface area contributed by atoms with Crippen LogP contribution in [0.15, 0.2) is 18.2 Å². The molecule has 0 saturated carbocycles. The lowest BCUT2D eigenvalue weighted by Gasteiger charge is -2.07. The van der Waals surface area contributed by atoms with Crippen LogP contribution in [0.1, 0.15) is 6.92 Å². The van der Waals surface area contributed by atoms with Gasteiger partial charge in [0.05, 0.1) is 17.6 Å². The van der Waals surface area contributed by atoms with Gasteiger partial charge in [-0.15, -0.1) is 0 Å². The topological polar surface area (TPSA) is 87.6 Å². The highest BCUT2D eigenvalue weighted by Crippen LogP contribution is 2.30. The third kappa shape index (κ3) is 2.11. The molecule has 14 heavy (non-hydrogen) atoms. The van der Waals surface area contributed by atoms with Gasteiger partial charge in [-0.2, -0.15) is 5.90 Å². The second-order valence-electron chi connectivity index (χ2n) is 2.44. The van der Waals surface area contributed by atoms with Crippen LogP contribution in [0.5, 0.6) is 11.5 Å². The van der Waals surface area contributed by atoms with E-state index in [0.717, 1.165) is 0 Å². The molecular weight excluding hydrogens is 188 g/mol. The van der Waals surface area contributed by atoms with Gasteiger partial charge in [0.2, 0.25) is 0 Å². The van der Waals surface area contributed by atoms with Crippen molar-refractivity contribution in [2.45, 2.75) is 6.92 Å². The van der Waals surface area contributed by atoms with Crippen molar-refractivity contribution in [2.24, 2.45) is 5.90 Å². The third-order valence-corrected chi connectivity index (χ3v) is 1.56. The van der Waals surface area contributed by atoms with E-state index in [0.29, 0.717) is 12.4 Å². The summed E-state index contributed by atoms with van der Waals surface area (Å²) in [6, 6.07) is 3.99. The van der Waals surface area contributed by atoms with Gasteiger partial charge in [-0.05, 0) is 13.0 Å². The summed E-state index contributed by atoms with van der Waals surface area (Å²) >= 11 is 0. The average molecular weight is 198 g/mol. The number of hydrogen-bond acceptors (Lipinski definition) is 5. The summed E-state index contributed by atoms with van der Waals surface area (Å²) in [5.74, 6) is 5.49. The van der Waals surface area contributed by atoms with Crippen molar-refractivity contribution in [1.29, 1.82) is 0 Å². The molecule has 6 heteroatoms. The molecule has 0 radical (unpaired) electrons. The van der Waals surface area contributed by atoms with Crippen LogP contribution in [0.2, 0.25) is 0 Å². The molecule has 0 spiro atoms. The predicted molar refractivity (Wildman–Crippen MR) is 49.1 cm³/mol. The molecule has 0 aromatic heterocycles. The number of nitro groups is 1. The first-order chi connectivity index (χ1) is 6.69. The van der Waals surface area contributed by atoms with Crippen LogP contribution in [-0.4, -0.2) is 11.5 Å². The van der Waals surface area contributed by atoms with Crippen molar-refractivity contribution in [3.63, 3.8) is 0 Å². The first kappa shape index (κ1) is 10.3. The Balaban J connectivity index is 3.04. The maximum Gasteiger partial charge on any atom is 0.273 e. The van der Waals surface area contributed by atoms with Crippen molar-refractivity contribution in [3.8, 4) is 11.5 Å². The zero-order valence-corrected chi connectivity index (χ0v) is 7.60. The molecule has 1 aromatic rings. The SMILES string of the molecule is CCOc1ccc([N+](=O)[O-])cc1ON. The van der Waals surface area contributed by atoms with E-state index in [4.69, 9.17) is 10.6 Å². The Morgan fingerprint density at radius 3 is 2.71 bits per heavy atom. The van der Waals surface area contributed by atoms with E-state index in [1.165, 1.54) is 18.2 Å². The number of ether oxygens (including phenoxy) is 1. The molecule has 0 atom stereocenters. The molecule has 0 aliphatic heterocycles. The summed E-state index contributed by atoms with van der Waals surface area (Å²) in [5.41, 5.74) is -0.0890. The monoisotopic (exact) mass is 198 g/mol. The predicted octanol–water partition coefficient (Wildman–Crippen LogP) is 1.25. The van der Waals surface area contributed by atoms with Crippen LogP contribution in [-0.2, 0) is 0 Å². The fourth-order valence-corrected chi connectivity index (χ4v) is 0.977. The van der Waals surface area contributed by atoms with E-state index >= 15 is 0 Å². The number of nitrogens with zero attached hydrogens (tertiary/aromatic N) is 1. The van der Waals surface area contributed by atoms with Gasteiger partial charge in [0.1, 0.15) is 0 Å². The summed E-state index contributed by atoms with van der Waals surface area (Å²) in [4.78, 5) is 14.3. The number of benzene rings is 1. The second-order valence-corrected chi connectivity index (χ2v) is 2.44. The summed E-state index contributed by atoms with van der Waals surface area (Å²) in [6.07, 6.45) is 0. The highest BCUT2D eigenvalue weighted by Gasteiger charge is 2.12. The minimum absolute atomic E-state index is 0.0890. The Kier molecular flexibility index (Phi) is 3.24. The van der Waals surface area contributed by atoms with Crippen LogP contribution in [0, 0.1) is 10.1 Å². The van der Waals surface area contributed by atoms with Crippen LogP contribution in [0.3, 0.4) is 0 Å². The van der Waals surface area contributed by atoms with Crippen LogP contribution in [0.4, 0.5) is 5.69 Å². The lowest BCUT2D eigenvalue weighted by Crippen LogP contribution is -2.05. The van der Waals surface area contributed by atoms with Crippen molar-refractivity contribution in [3.05, 3.63) is 28.3 Å². The molecule has 0 amide bonds. The number of nitro benzene ring substituents is 1. The zero-order valence-electron chi connectivity index (χ0n) is 7.60. The highest BCUT2D eigenvalue weighted by atomic mass is 16.6. The van der Waals surface area contributed by atoms with Gasteiger partial charge in [-0.1, -0.05) is 0 Å². The fourth-order valence-electron chi connectivity index (χ4n) is 0.977. The van der Waals surface area contributed by atoms with E-state index in [-0.39, 0.29) is 11.4 Å². The minimum Gasteiger partial charge on any atom is -0.490 e. The molecule has 0 bridgehead atoms. The minimum atomic E-state index is -0.530. The zero-order chi connectivity index (χ0) is 10.6. The summed E-state index contributed by atoms with van der Waals surface area (Å²) in [5, 5.41) is 10.4. The van der Waals surface area contributed by atoms with Gasteiger partial charge in [0.25, 0.3) is 5.69 Å². The molecule has 0 heterocycles. The van der Waals surface area contributed by atoms with Gasteiger partial charge >= 0.3 is 0 Å². The van der Waals surface area contributed by atoms with Gasteiger partial charge in [0.15, 0.2) is 11.5 Å². The average Bonchev–Trinajstić information content (AvgIpc) is 2.18. The lowest BCUT2D eigenvalue weighted by molar-refractivity contribution is -0.385. The number of rotatable bonds is 4. The Morgan fingerprint density at radius 2 is 2.21 bits per heavy atom. The maximum absolute atomic E-state index is 10.4. The first-order valence-corrected chi connectivity index (χ1v) is 3.97. The summed E-state index contributed by atoms with van der Waals surface area (Å²) in [7, 11) is 0. The standard InChI is InChI=1S/C8H10N2O4/c1-2-13-7-4-3-6(10(11)12)5-8(7)14-9/h3-5H,2,9H2,1H3. The number of nitrogens with two attached hydrogens (primary N) is 1. The third-order valence-electron chi connectivity index (χ3n) is 1.56. The maximum atomic E-state index is 10.4. The van der Waals surface area contributed by atoms with E-state index in [9.17, 15) is 10.1 Å². The Hall–Kier alpha value is -1.82. The molecule has 1 aromatic carbocycles. The van der Waals surface area contributed by atoms with E-state index < -0.39 is 4.92 Å². The molecule has 1 rings (SSSR count). The smallest absolute Gasteiger partial charge is 0.273 e. The van der Waals surface area contributed by atoms with Crippen LogP contribution in [0.25, 0.3) is 0 Å². The Labute approximate surface area is 80.3 Å². The van der Waals surface area contributed by atoms with E-state index in [2.05, 4.69) is 4.84 Å². The molecule has 0 fully saturated rings. The van der Waals surface area contributed by atoms with Crippen molar-refractivity contribution < 1.29 is 14.5 Å². The molecule has 0 aliphatic carbocycles. The summed E-state index contributed by atoms with van der Waals surface area (Å²) < 4.78 is 5.14. The first-order valence-electron chi connectivity index (χ1n) is 3.97. The molecule has 6 nitrogen and oxygen atoms in total. The number of hydrogen-bond donors (Lipinski definition) is 1. The molecule has 2 N–H and O–H groups in total. The van der Waals surface area contributed by atoms with Gasteiger partial charge in [-0.25, -0.2) is 0 Å². The quantitative estimate of drug-likeness (QED) is 0.581. The fraction of sp³-hybridized carbons (Fsp3) is 0.250. The largest absolute Gasteiger partial charge is 0.490 e. The molecule has 76 valence electrons. The highest BCUT2D eigenvalue weighted by molar-refractivity contribution is 5.48. The van der Waals surface area contributed by atoms with Gasteiger partial charge < -0.3 is 9.57 Å². The molecule has 0 aliphatic rings. The van der Waals surface area contributed by atoms with Gasteiger partial charge in [-0.3, -0.25) is 10.1 Å². The molecule has 0 unspecified atom stereocenters. The molecule has 0 saturated heterocycles. The molecular formula is C8H10N2O4. The normalized spacial score (nSPS) is 9.57. The van der Waals surface area contributed by atoms with Gasteiger partial charge in [0, 0.05) is 6.07 Å². The van der Waals surface area contributed by atoms with Crippen molar-refractivity contribution in [2.75, 3.05) is 6.61 Å². The van der Waals surface area contributed by atoms with E-state index in [1.807, 2.05) is 0 Å². The second kappa shape index (κ2) is 4.43. The number of non-ortho nitro benzene ring substituents is 1. The van der Waals surface area contributed by atoms with Crippen molar-refractivity contribution >= 4 is 5.69 Å².